The monoisotopic (exact) mass is 351 g/mol. The predicted molar refractivity (Wildman–Crippen MR) is 90.5 cm³/mol. The van der Waals surface area contributed by atoms with Gasteiger partial charge in [-0.05, 0) is 31.5 Å². The first-order valence-electron chi connectivity index (χ1n) is 8.01. The van der Waals surface area contributed by atoms with E-state index in [4.69, 9.17) is 21.1 Å². The van der Waals surface area contributed by atoms with E-state index in [1.165, 1.54) is 7.11 Å². The number of esters is 1. The molecule has 1 fully saturated rings. The SMILES string of the molecule is COC(=O)C1=C(C)N2CCO[C@@]2(C)[C@@H](CO)[C@@H]1c1ccc(Cl)cc1. The summed E-state index contributed by atoms with van der Waals surface area (Å²) in [4.78, 5) is 14.6. The Hall–Kier alpha value is -1.56. The Morgan fingerprint density at radius 1 is 1.46 bits per heavy atom. The summed E-state index contributed by atoms with van der Waals surface area (Å²) in [5.41, 5.74) is 1.67. The maximum Gasteiger partial charge on any atom is 0.336 e. The first kappa shape index (κ1) is 17.3. The molecule has 6 heteroatoms. The second kappa shape index (κ2) is 6.39. The zero-order chi connectivity index (χ0) is 17.5. The molecule has 3 atom stereocenters. The number of hydrogen-bond donors (Lipinski definition) is 1. The molecule has 5 nitrogen and oxygen atoms in total. The molecule has 1 aromatic carbocycles. The molecule has 0 spiro atoms. The van der Waals surface area contributed by atoms with E-state index in [0.717, 1.165) is 11.3 Å². The van der Waals surface area contributed by atoms with E-state index in [-0.39, 0.29) is 24.4 Å². The first-order valence-corrected chi connectivity index (χ1v) is 8.38. The van der Waals surface area contributed by atoms with Crippen molar-refractivity contribution in [1.29, 1.82) is 0 Å². The Bertz CT molecular complexity index is 672. The number of allylic oxidation sites excluding steroid dienone is 1. The lowest BCUT2D eigenvalue weighted by Crippen LogP contribution is -2.55. The van der Waals surface area contributed by atoms with Gasteiger partial charge in [0.2, 0.25) is 0 Å². The topological polar surface area (TPSA) is 59.0 Å². The smallest absolute Gasteiger partial charge is 0.336 e. The molecule has 0 aliphatic carbocycles. The van der Waals surface area contributed by atoms with Crippen LogP contribution in [-0.4, -0.2) is 48.6 Å². The Morgan fingerprint density at radius 2 is 2.12 bits per heavy atom. The maximum atomic E-state index is 12.5. The fourth-order valence-electron chi connectivity index (χ4n) is 4.06. The van der Waals surface area contributed by atoms with Crippen LogP contribution in [0.1, 0.15) is 25.3 Å². The number of fused-ring (bicyclic) bond motifs is 1. The molecule has 2 aliphatic rings. The summed E-state index contributed by atoms with van der Waals surface area (Å²) in [6, 6.07) is 7.36. The number of ether oxygens (including phenoxy) is 2. The van der Waals surface area contributed by atoms with Crippen LogP contribution in [0.2, 0.25) is 5.02 Å². The summed E-state index contributed by atoms with van der Waals surface area (Å²) in [6.07, 6.45) is 0. The van der Waals surface area contributed by atoms with Crippen LogP contribution >= 0.6 is 11.6 Å². The van der Waals surface area contributed by atoms with Gasteiger partial charge >= 0.3 is 5.97 Å². The van der Waals surface area contributed by atoms with Gasteiger partial charge in [-0.1, -0.05) is 23.7 Å². The summed E-state index contributed by atoms with van der Waals surface area (Å²) < 4.78 is 11.0. The van der Waals surface area contributed by atoms with Crippen molar-refractivity contribution in [3.63, 3.8) is 0 Å². The van der Waals surface area contributed by atoms with Crippen molar-refractivity contribution >= 4 is 17.6 Å². The normalized spacial score (nSPS) is 29.6. The van der Waals surface area contributed by atoms with Gasteiger partial charge in [-0.3, -0.25) is 0 Å². The van der Waals surface area contributed by atoms with Gasteiger partial charge in [0.1, 0.15) is 5.72 Å². The number of halogens is 1. The second-order valence-corrected chi connectivity index (χ2v) is 6.80. The highest BCUT2D eigenvalue weighted by Crippen LogP contribution is 2.50. The molecule has 1 aromatic rings. The van der Waals surface area contributed by atoms with Gasteiger partial charge in [-0.25, -0.2) is 4.79 Å². The average Bonchev–Trinajstić information content (AvgIpc) is 2.97. The van der Waals surface area contributed by atoms with E-state index in [9.17, 15) is 9.90 Å². The lowest BCUT2D eigenvalue weighted by molar-refractivity contribution is -0.143. The minimum Gasteiger partial charge on any atom is -0.466 e. The van der Waals surface area contributed by atoms with Gasteiger partial charge in [-0.15, -0.1) is 0 Å². The number of carbonyl (C=O) groups excluding carboxylic acids is 1. The molecule has 2 heterocycles. The average molecular weight is 352 g/mol. The van der Waals surface area contributed by atoms with E-state index in [1.807, 2.05) is 26.0 Å². The summed E-state index contributed by atoms with van der Waals surface area (Å²) in [6.45, 7) is 5.03. The molecule has 3 rings (SSSR count). The van der Waals surface area contributed by atoms with Gasteiger partial charge in [0.15, 0.2) is 0 Å². The second-order valence-electron chi connectivity index (χ2n) is 6.36. The molecule has 130 valence electrons. The molecule has 0 bridgehead atoms. The summed E-state index contributed by atoms with van der Waals surface area (Å²) in [7, 11) is 1.38. The Morgan fingerprint density at radius 3 is 2.71 bits per heavy atom. The van der Waals surface area contributed by atoms with Gasteiger partial charge in [0.25, 0.3) is 0 Å². The predicted octanol–water partition coefficient (Wildman–Crippen LogP) is 2.54. The van der Waals surface area contributed by atoms with Crippen molar-refractivity contribution in [2.24, 2.45) is 5.92 Å². The zero-order valence-electron chi connectivity index (χ0n) is 14.1. The minimum atomic E-state index is -0.652. The van der Waals surface area contributed by atoms with Gasteiger partial charge in [-0.2, -0.15) is 0 Å². The van der Waals surface area contributed by atoms with Gasteiger partial charge in [0.05, 0.1) is 25.9 Å². The lowest BCUT2D eigenvalue weighted by atomic mass is 9.71. The molecule has 1 N–H and O–H groups in total. The number of carbonyl (C=O) groups is 1. The third-order valence-electron chi connectivity index (χ3n) is 5.27. The van der Waals surface area contributed by atoms with E-state index in [1.54, 1.807) is 12.1 Å². The highest BCUT2D eigenvalue weighted by molar-refractivity contribution is 6.30. The Kier molecular flexibility index (Phi) is 4.60. The summed E-state index contributed by atoms with van der Waals surface area (Å²) >= 11 is 6.01. The van der Waals surface area contributed by atoms with Crippen molar-refractivity contribution in [3.05, 3.63) is 46.1 Å². The van der Waals surface area contributed by atoms with Crippen LogP contribution in [0, 0.1) is 5.92 Å². The number of nitrogens with zero attached hydrogens (tertiary/aromatic N) is 1. The first-order chi connectivity index (χ1) is 11.4. The lowest BCUT2D eigenvalue weighted by Gasteiger charge is -2.49. The number of benzene rings is 1. The van der Waals surface area contributed by atoms with Crippen molar-refractivity contribution in [1.82, 2.24) is 4.90 Å². The number of methoxy groups -OCH3 is 1. The van der Waals surface area contributed by atoms with Crippen LogP contribution in [0.3, 0.4) is 0 Å². The Balaban J connectivity index is 2.20. The third kappa shape index (κ3) is 2.51. The molecular formula is C18H22ClNO4. The summed E-state index contributed by atoms with van der Waals surface area (Å²) in [5.74, 6) is -0.988. The molecule has 0 amide bonds. The molecule has 24 heavy (non-hydrogen) atoms. The highest BCUT2D eigenvalue weighted by Gasteiger charge is 2.54. The van der Waals surface area contributed by atoms with Crippen LogP contribution in [-0.2, 0) is 14.3 Å². The number of aliphatic hydroxyl groups excluding tert-OH is 1. The standard InChI is InChI=1S/C18H22ClNO4/c1-11-15(17(22)23-3)16(12-4-6-13(19)7-5-12)14(10-21)18(2)20(11)8-9-24-18/h4-7,14,16,21H,8-10H2,1-3H3/t14-,16-,18-/m0/s1. The van der Waals surface area contributed by atoms with Gasteiger partial charge in [0, 0.05) is 29.1 Å². The van der Waals surface area contributed by atoms with Crippen LogP contribution in [0.5, 0.6) is 0 Å². The molecule has 0 unspecified atom stereocenters. The quantitative estimate of drug-likeness (QED) is 0.848. The molecule has 2 aliphatic heterocycles. The fraction of sp³-hybridized carbons (Fsp3) is 0.500. The van der Waals surface area contributed by atoms with E-state index >= 15 is 0 Å². The molecular weight excluding hydrogens is 330 g/mol. The van der Waals surface area contributed by atoms with E-state index in [2.05, 4.69) is 4.90 Å². The van der Waals surface area contributed by atoms with Crippen LogP contribution in [0.15, 0.2) is 35.5 Å². The molecule has 1 saturated heterocycles. The molecule has 0 radical (unpaired) electrons. The number of hydrogen-bond acceptors (Lipinski definition) is 5. The summed E-state index contributed by atoms with van der Waals surface area (Å²) in [5, 5.41) is 10.8. The molecule has 0 aromatic heterocycles. The Labute approximate surface area is 146 Å². The van der Waals surface area contributed by atoms with E-state index < -0.39 is 5.72 Å². The van der Waals surface area contributed by atoms with Crippen LogP contribution < -0.4 is 0 Å². The van der Waals surface area contributed by atoms with Crippen molar-refractivity contribution in [3.8, 4) is 0 Å². The van der Waals surface area contributed by atoms with Crippen molar-refractivity contribution in [2.45, 2.75) is 25.5 Å². The number of rotatable bonds is 3. The zero-order valence-corrected chi connectivity index (χ0v) is 14.8. The van der Waals surface area contributed by atoms with Crippen molar-refractivity contribution in [2.75, 3.05) is 26.9 Å². The van der Waals surface area contributed by atoms with E-state index in [0.29, 0.717) is 23.7 Å². The van der Waals surface area contributed by atoms with Gasteiger partial charge < -0.3 is 19.5 Å². The van der Waals surface area contributed by atoms with Crippen molar-refractivity contribution < 1.29 is 19.4 Å². The highest BCUT2D eigenvalue weighted by atomic mass is 35.5. The minimum absolute atomic E-state index is 0.103. The van der Waals surface area contributed by atoms with Crippen LogP contribution in [0.25, 0.3) is 0 Å². The fourth-order valence-corrected chi connectivity index (χ4v) is 4.19. The maximum absolute atomic E-state index is 12.5. The molecule has 0 saturated carbocycles. The largest absolute Gasteiger partial charge is 0.466 e. The third-order valence-corrected chi connectivity index (χ3v) is 5.52. The number of aliphatic hydroxyl groups is 1. The van der Waals surface area contributed by atoms with Crippen LogP contribution in [0.4, 0.5) is 0 Å².